The highest BCUT2D eigenvalue weighted by Gasteiger charge is 2.30. The van der Waals surface area contributed by atoms with E-state index in [2.05, 4.69) is 27.7 Å². The summed E-state index contributed by atoms with van der Waals surface area (Å²) in [4.78, 5) is 0. The number of hydrogen-bond donors (Lipinski definition) is 0. The minimum absolute atomic E-state index is 0.897. The molecule has 0 spiro atoms. The predicted molar refractivity (Wildman–Crippen MR) is 64.4 cm³/mol. The third-order valence-corrected chi connectivity index (χ3v) is 3.42. The van der Waals surface area contributed by atoms with Crippen molar-refractivity contribution in [2.45, 2.75) is 66.2 Å². The van der Waals surface area contributed by atoms with Crippen LogP contribution < -0.4 is 0 Å². The molecule has 0 aromatic carbocycles. The molecule has 1 fully saturated rings. The summed E-state index contributed by atoms with van der Waals surface area (Å²) in [5.74, 6) is 3.98. The van der Waals surface area contributed by atoms with E-state index in [1.54, 1.807) is 0 Å². The lowest BCUT2D eigenvalue weighted by atomic mass is 9.87. The average molecular weight is 196 g/mol. The molecule has 0 aromatic heterocycles. The summed E-state index contributed by atoms with van der Waals surface area (Å²) in [7, 11) is 0. The Labute approximate surface area is 90.5 Å². The van der Waals surface area contributed by atoms with Gasteiger partial charge in [0.05, 0.1) is 0 Å². The maximum absolute atomic E-state index is 2.37. The first kappa shape index (κ1) is 12.1. The van der Waals surface area contributed by atoms with Crippen molar-refractivity contribution >= 4 is 0 Å². The van der Waals surface area contributed by atoms with E-state index in [-0.39, 0.29) is 0 Å². The first-order valence-electron chi connectivity index (χ1n) is 6.59. The lowest BCUT2D eigenvalue weighted by Gasteiger charge is -2.18. The second kappa shape index (κ2) is 5.78. The van der Waals surface area contributed by atoms with Gasteiger partial charge in [-0.1, -0.05) is 47.0 Å². The highest BCUT2D eigenvalue weighted by molar-refractivity contribution is 4.81. The van der Waals surface area contributed by atoms with Gasteiger partial charge in [-0.05, 0) is 42.9 Å². The molecular weight excluding hydrogens is 168 g/mol. The van der Waals surface area contributed by atoms with Crippen LogP contribution in [0.1, 0.15) is 66.2 Å². The summed E-state index contributed by atoms with van der Waals surface area (Å²) in [6, 6.07) is 0. The lowest BCUT2D eigenvalue weighted by Crippen LogP contribution is -2.07. The Morgan fingerprint density at radius 1 is 0.929 bits per heavy atom. The van der Waals surface area contributed by atoms with Crippen LogP contribution >= 0.6 is 0 Å². The zero-order chi connectivity index (χ0) is 10.6. The molecule has 0 bridgehead atoms. The highest BCUT2D eigenvalue weighted by atomic mass is 14.4. The maximum atomic E-state index is 2.37. The fourth-order valence-electron chi connectivity index (χ4n) is 2.51. The summed E-state index contributed by atoms with van der Waals surface area (Å²) in [5.41, 5.74) is 0. The quantitative estimate of drug-likeness (QED) is 0.544. The standard InChI is InChI=1S/C14H28/c1-11(2)6-5-7-14(10-12(3)4)13-8-9-13/h11-14H,5-10H2,1-4H3/t14-/m0/s1. The molecule has 0 aromatic rings. The van der Waals surface area contributed by atoms with Gasteiger partial charge in [-0.2, -0.15) is 0 Å². The topological polar surface area (TPSA) is 0 Å². The van der Waals surface area contributed by atoms with E-state index in [4.69, 9.17) is 0 Å². The monoisotopic (exact) mass is 196 g/mol. The molecule has 0 radical (unpaired) electrons. The smallest absolute Gasteiger partial charge is 0.0383 e. The fourth-order valence-corrected chi connectivity index (χ4v) is 2.51. The Morgan fingerprint density at radius 3 is 2.00 bits per heavy atom. The molecule has 1 aliphatic rings. The minimum atomic E-state index is 0.897. The van der Waals surface area contributed by atoms with Crippen molar-refractivity contribution in [1.82, 2.24) is 0 Å². The summed E-state index contributed by atoms with van der Waals surface area (Å²) in [5, 5.41) is 0. The van der Waals surface area contributed by atoms with E-state index >= 15 is 0 Å². The minimum Gasteiger partial charge on any atom is -0.0628 e. The molecule has 0 saturated heterocycles. The summed E-state index contributed by atoms with van der Waals surface area (Å²) in [6.45, 7) is 9.43. The molecule has 84 valence electrons. The van der Waals surface area contributed by atoms with E-state index in [1.165, 1.54) is 38.5 Å². The maximum Gasteiger partial charge on any atom is -0.0383 e. The number of hydrogen-bond acceptors (Lipinski definition) is 0. The fraction of sp³-hybridized carbons (Fsp3) is 1.00. The van der Waals surface area contributed by atoms with Crippen LogP contribution in [0.3, 0.4) is 0 Å². The van der Waals surface area contributed by atoms with Crippen LogP contribution in [0.4, 0.5) is 0 Å². The average Bonchev–Trinajstić information content (AvgIpc) is 2.83. The van der Waals surface area contributed by atoms with Gasteiger partial charge in [-0.25, -0.2) is 0 Å². The first-order chi connectivity index (χ1) is 6.59. The first-order valence-corrected chi connectivity index (χ1v) is 6.59. The van der Waals surface area contributed by atoms with E-state index < -0.39 is 0 Å². The van der Waals surface area contributed by atoms with Crippen molar-refractivity contribution < 1.29 is 0 Å². The SMILES string of the molecule is CC(C)CCC[C@@H](CC(C)C)C1CC1. The number of rotatable bonds is 7. The Kier molecular flexibility index (Phi) is 4.98. The Bertz CT molecular complexity index is 142. The molecular formula is C14H28. The van der Waals surface area contributed by atoms with Gasteiger partial charge in [0.2, 0.25) is 0 Å². The second-order valence-corrected chi connectivity index (χ2v) is 6.05. The molecule has 1 saturated carbocycles. The van der Waals surface area contributed by atoms with Crippen LogP contribution in [-0.4, -0.2) is 0 Å². The van der Waals surface area contributed by atoms with Crippen LogP contribution in [0.2, 0.25) is 0 Å². The molecule has 0 nitrogen and oxygen atoms in total. The third-order valence-electron chi connectivity index (χ3n) is 3.42. The van der Waals surface area contributed by atoms with Crippen molar-refractivity contribution in [3.05, 3.63) is 0 Å². The molecule has 1 atom stereocenters. The zero-order valence-corrected chi connectivity index (χ0v) is 10.6. The molecule has 0 heteroatoms. The van der Waals surface area contributed by atoms with Crippen LogP contribution in [-0.2, 0) is 0 Å². The van der Waals surface area contributed by atoms with Crippen molar-refractivity contribution in [3.8, 4) is 0 Å². The third kappa shape index (κ3) is 5.02. The van der Waals surface area contributed by atoms with Crippen molar-refractivity contribution in [1.29, 1.82) is 0 Å². The summed E-state index contributed by atoms with van der Waals surface area (Å²) >= 11 is 0. The molecule has 14 heavy (non-hydrogen) atoms. The van der Waals surface area contributed by atoms with Crippen LogP contribution in [0.5, 0.6) is 0 Å². The molecule has 0 heterocycles. The van der Waals surface area contributed by atoms with Gasteiger partial charge in [0.15, 0.2) is 0 Å². The zero-order valence-electron chi connectivity index (χ0n) is 10.6. The van der Waals surface area contributed by atoms with E-state index in [0.29, 0.717) is 0 Å². The van der Waals surface area contributed by atoms with Crippen LogP contribution in [0.25, 0.3) is 0 Å². The van der Waals surface area contributed by atoms with Gasteiger partial charge >= 0.3 is 0 Å². The van der Waals surface area contributed by atoms with Gasteiger partial charge in [0, 0.05) is 0 Å². The van der Waals surface area contributed by atoms with Crippen molar-refractivity contribution in [2.24, 2.45) is 23.7 Å². The van der Waals surface area contributed by atoms with Gasteiger partial charge < -0.3 is 0 Å². The molecule has 0 unspecified atom stereocenters. The van der Waals surface area contributed by atoms with Crippen LogP contribution in [0.15, 0.2) is 0 Å². The second-order valence-electron chi connectivity index (χ2n) is 6.05. The summed E-state index contributed by atoms with van der Waals surface area (Å²) in [6.07, 6.45) is 8.93. The van der Waals surface area contributed by atoms with Gasteiger partial charge in [0.25, 0.3) is 0 Å². The lowest BCUT2D eigenvalue weighted by molar-refractivity contribution is 0.328. The normalized spacial score (nSPS) is 19.3. The van der Waals surface area contributed by atoms with Gasteiger partial charge in [-0.15, -0.1) is 0 Å². The van der Waals surface area contributed by atoms with Crippen LogP contribution in [0, 0.1) is 23.7 Å². The van der Waals surface area contributed by atoms with E-state index in [0.717, 1.165) is 23.7 Å². The summed E-state index contributed by atoms with van der Waals surface area (Å²) < 4.78 is 0. The molecule has 0 aliphatic heterocycles. The molecule has 0 amide bonds. The van der Waals surface area contributed by atoms with E-state index in [1.807, 2.05) is 0 Å². The van der Waals surface area contributed by atoms with Gasteiger partial charge in [0.1, 0.15) is 0 Å². The molecule has 1 aliphatic carbocycles. The van der Waals surface area contributed by atoms with Crippen molar-refractivity contribution in [2.75, 3.05) is 0 Å². The Balaban J connectivity index is 2.15. The molecule has 0 N–H and O–H groups in total. The predicted octanol–water partition coefficient (Wildman–Crippen LogP) is 4.89. The highest BCUT2D eigenvalue weighted by Crippen LogP contribution is 2.42. The Morgan fingerprint density at radius 2 is 1.57 bits per heavy atom. The molecule has 1 rings (SSSR count). The Hall–Kier alpha value is 0. The largest absolute Gasteiger partial charge is 0.0628 e. The van der Waals surface area contributed by atoms with Crippen molar-refractivity contribution in [3.63, 3.8) is 0 Å². The van der Waals surface area contributed by atoms with Gasteiger partial charge in [-0.3, -0.25) is 0 Å². The van der Waals surface area contributed by atoms with E-state index in [9.17, 15) is 0 Å².